The molecule has 4 atom stereocenters. The topological polar surface area (TPSA) is 221 Å². The number of morpholine rings is 1. The molecule has 13 heterocycles. The van der Waals surface area contributed by atoms with E-state index in [9.17, 15) is 0 Å². The van der Waals surface area contributed by atoms with Crippen molar-refractivity contribution in [2.45, 2.75) is 89.0 Å². The normalized spacial score (nSPS) is 21.6. The first-order valence-electron chi connectivity index (χ1n) is 52.5. The number of hydrogen-bond donors (Lipinski definition) is 9. The smallest absolute Gasteiger partial charge is 0.143 e. The number of rotatable bonds is 30. The molecule has 0 radical (unpaired) electrons. The molecule has 0 spiro atoms. The number of nitrogens with one attached hydrogen (secondary N) is 9. The van der Waals surface area contributed by atoms with E-state index in [1.165, 1.54) is 111 Å². The quantitative estimate of drug-likeness (QED) is 0.0205. The van der Waals surface area contributed by atoms with Crippen molar-refractivity contribution >= 4 is 39.8 Å². The number of para-hydroxylation sites is 14. The van der Waals surface area contributed by atoms with E-state index >= 15 is 0 Å². The fourth-order valence-corrected chi connectivity index (χ4v) is 19.8. The minimum absolute atomic E-state index is 0.328. The second-order valence-electron chi connectivity index (χ2n) is 38.2. The van der Waals surface area contributed by atoms with Crippen molar-refractivity contribution < 1.29 is 37.9 Å². The number of piperazine rings is 7. The van der Waals surface area contributed by atoms with Gasteiger partial charge in [-0.25, -0.2) is 0 Å². The van der Waals surface area contributed by atoms with E-state index in [1.54, 1.807) is 0 Å². The Morgan fingerprint density at radius 1 is 0.321 bits per heavy atom. The summed E-state index contributed by atoms with van der Waals surface area (Å²) in [6.45, 7) is 52.6. The van der Waals surface area contributed by atoms with E-state index in [0.29, 0.717) is 24.3 Å². The lowest BCUT2D eigenvalue weighted by atomic mass is 10.1. The van der Waals surface area contributed by atoms with E-state index < -0.39 is 0 Å². The molecule has 0 bridgehead atoms. The van der Waals surface area contributed by atoms with Crippen LogP contribution in [0.4, 0.5) is 39.8 Å². The van der Waals surface area contributed by atoms with Crippen LogP contribution in [-0.2, 0) is 4.74 Å². The minimum atomic E-state index is 0.328. The Hall–Kier alpha value is -8.86. The first kappa shape index (κ1) is 104. The first-order chi connectivity index (χ1) is 67.7. The zero-order chi connectivity index (χ0) is 94.2. The zero-order valence-electron chi connectivity index (χ0n) is 83.6. The van der Waals surface area contributed by atoms with Crippen molar-refractivity contribution in [3.05, 3.63) is 170 Å². The largest absolute Gasteiger partial charge is 0.490 e. The first-order valence-corrected chi connectivity index (χ1v) is 52.5. The Kier molecular flexibility index (Phi) is 45.3. The summed E-state index contributed by atoms with van der Waals surface area (Å²) in [5, 5.41) is 30.6. The van der Waals surface area contributed by atoms with Crippen LogP contribution in [0, 0.1) is 0 Å². The van der Waals surface area contributed by atoms with E-state index in [0.717, 1.165) is 348 Å². The molecule has 13 aliphatic rings. The average molecular weight is 1890 g/mol. The second kappa shape index (κ2) is 59.7. The second-order valence-corrected chi connectivity index (χ2v) is 38.2. The van der Waals surface area contributed by atoms with Gasteiger partial charge in [0.25, 0.3) is 0 Å². The van der Waals surface area contributed by atoms with Gasteiger partial charge in [0, 0.05) is 248 Å². The predicted molar refractivity (Wildman–Crippen MR) is 564 cm³/mol. The molecule has 13 fully saturated rings. The molecule has 0 aliphatic carbocycles. The standard InChI is InChI=1S/C18H29N3O.C16H25N3O2.C16H25N3O.2C15H23N3O.C14H21N3O.C14H23N3O/c1-16(20-11-5-2-6-12-20)15-22-18-8-4-3-7-17(18)21-13-9-19-10-14-21;1-2-4-16(15(3-1)19-7-5-17-6-8-19)21-14-11-18-9-12-20-13-10-18;1-2-6-16(20-14-13-18-9-3-4-10-18)15(5-1)19-11-7-17-8-12-19;1-17-9-6-13(12-17)19-15-5-3-2-4-14(15)18-10-7-16-8-11-18;1-2-6-15(19-12-13-4-3-7-17-13)14(5-1)18-10-8-16-9-11-18;1-2-4-14(18-12-5-6-16-11-12)13(3-1)17-9-7-15-8-10-17;1-16(2)11-12-18-14-6-4-3-5-13(14)17-9-7-15-8-10-17/h3-4,7-8,16,19H,2,5-6,9-15H2,1H3;1-4,17H,5-14H2;1-2,5-6,17H,3-4,7-14H2;2-5,13,16H,6-12H2,1H3;1-2,5-6,13,16-17H,3-4,7-12H2;1-4,12,15-16H,5-11H2;3-6,15H,7-12H2,1-2H3/t16-;;;;13-;12-;/m1...00./s1. The van der Waals surface area contributed by atoms with Crippen molar-refractivity contribution in [2.75, 3.05) is 377 Å². The highest BCUT2D eigenvalue weighted by Gasteiger charge is 2.28. The number of benzene rings is 7. The molecule has 29 heteroatoms. The molecule has 29 nitrogen and oxygen atoms in total. The van der Waals surface area contributed by atoms with Gasteiger partial charge in [0.15, 0.2) is 0 Å². The van der Waals surface area contributed by atoms with Gasteiger partial charge in [-0.3, -0.25) is 14.7 Å². The fraction of sp³-hybridized carbons (Fsp3) is 0.611. The molecular formula is C108H169N21O8. The highest BCUT2D eigenvalue weighted by Crippen LogP contribution is 2.37. The van der Waals surface area contributed by atoms with Crippen LogP contribution in [0.1, 0.15) is 64.7 Å². The third-order valence-electron chi connectivity index (χ3n) is 27.7. The summed E-state index contributed by atoms with van der Waals surface area (Å²) in [7, 11) is 6.28. The van der Waals surface area contributed by atoms with Crippen molar-refractivity contribution in [2.24, 2.45) is 0 Å². The lowest BCUT2D eigenvalue weighted by Gasteiger charge is -2.33. The van der Waals surface area contributed by atoms with Gasteiger partial charge in [-0.2, -0.15) is 0 Å². The molecule has 137 heavy (non-hydrogen) atoms. The van der Waals surface area contributed by atoms with Crippen LogP contribution >= 0.6 is 0 Å². The van der Waals surface area contributed by atoms with Crippen molar-refractivity contribution in [3.8, 4) is 40.2 Å². The average Bonchev–Trinajstić information content (AvgIpc) is 1.52. The van der Waals surface area contributed by atoms with E-state index in [1.807, 2.05) is 6.07 Å². The molecular weight excluding hydrogens is 1720 g/mol. The molecule has 13 saturated heterocycles. The molecule has 7 aromatic carbocycles. The van der Waals surface area contributed by atoms with E-state index in [2.05, 4.69) is 299 Å². The summed E-state index contributed by atoms with van der Waals surface area (Å²) in [6.07, 6.45) is 12.2. The minimum Gasteiger partial charge on any atom is -0.490 e. The monoisotopic (exact) mass is 1890 g/mol. The van der Waals surface area contributed by atoms with Crippen LogP contribution in [0.3, 0.4) is 0 Å². The number of piperidine rings is 1. The van der Waals surface area contributed by atoms with Gasteiger partial charge in [0.2, 0.25) is 0 Å². The summed E-state index contributed by atoms with van der Waals surface area (Å²) in [5.41, 5.74) is 8.66. The maximum Gasteiger partial charge on any atom is 0.143 e. The third kappa shape index (κ3) is 35.1. The molecule has 20 rings (SSSR count). The Morgan fingerprint density at radius 2 is 0.657 bits per heavy atom. The van der Waals surface area contributed by atoms with Crippen LogP contribution in [0.15, 0.2) is 170 Å². The molecule has 0 aromatic heterocycles. The van der Waals surface area contributed by atoms with E-state index in [-0.39, 0.29) is 0 Å². The summed E-state index contributed by atoms with van der Waals surface area (Å²) >= 11 is 0. The molecule has 9 N–H and O–H groups in total. The molecule has 1 unspecified atom stereocenters. The lowest BCUT2D eigenvalue weighted by Crippen LogP contribution is -2.44. The summed E-state index contributed by atoms with van der Waals surface area (Å²) in [6, 6.07) is 59.9. The maximum atomic E-state index is 6.23. The van der Waals surface area contributed by atoms with Gasteiger partial charge in [0.1, 0.15) is 85.5 Å². The molecule has 7 aromatic rings. The Morgan fingerprint density at radius 3 is 1.01 bits per heavy atom. The van der Waals surface area contributed by atoms with Crippen LogP contribution in [0.5, 0.6) is 40.2 Å². The third-order valence-corrected chi connectivity index (χ3v) is 27.7. The van der Waals surface area contributed by atoms with Crippen molar-refractivity contribution in [1.29, 1.82) is 0 Å². The van der Waals surface area contributed by atoms with Gasteiger partial charge in [-0.05, 0) is 204 Å². The van der Waals surface area contributed by atoms with Crippen LogP contribution in [0.2, 0.25) is 0 Å². The van der Waals surface area contributed by atoms with Gasteiger partial charge >= 0.3 is 0 Å². The number of anilines is 7. The van der Waals surface area contributed by atoms with Crippen molar-refractivity contribution in [1.82, 2.24) is 72.4 Å². The summed E-state index contributed by atoms with van der Waals surface area (Å²) in [4.78, 5) is 28.8. The van der Waals surface area contributed by atoms with Gasteiger partial charge in [0.05, 0.1) is 53.0 Å². The molecule has 0 amide bonds. The number of nitrogens with zero attached hydrogens (tertiary/aromatic N) is 12. The molecule has 13 aliphatic heterocycles. The maximum absolute atomic E-state index is 6.23. The van der Waals surface area contributed by atoms with Crippen LogP contribution in [0.25, 0.3) is 0 Å². The van der Waals surface area contributed by atoms with Gasteiger partial charge in [-0.15, -0.1) is 0 Å². The Balaban J connectivity index is 0.000000128. The lowest BCUT2D eigenvalue weighted by molar-refractivity contribution is 0.0323. The molecule has 754 valence electrons. The van der Waals surface area contributed by atoms with Crippen LogP contribution < -0.4 is 115 Å². The van der Waals surface area contributed by atoms with Crippen LogP contribution in [-0.4, -0.2) is 391 Å². The zero-order valence-corrected chi connectivity index (χ0v) is 83.6. The highest BCUT2D eigenvalue weighted by molar-refractivity contribution is 5.64. The number of ether oxygens (including phenoxy) is 8. The Bertz CT molecular complexity index is 4400. The van der Waals surface area contributed by atoms with E-state index in [4.69, 9.17) is 37.9 Å². The summed E-state index contributed by atoms with van der Waals surface area (Å²) < 4.78 is 48.0. The molecule has 0 saturated carbocycles. The van der Waals surface area contributed by atoms with Crippen molar-refractivity contribution in [3.63, 3.8) is 0 Å². The predicted octanol–water partition coefficient (Wildman–Crippen LogP) is 9.01. The Labute approximate surface area is 821 Å². The van der Waals surface area contributed by atoms with Gasteiger partial charge < -0.3 is 130 Å². The number of hydrogen-bond acceptors (Lipinski definition) is 29. The van der Waals surface area contributed by atoms with Gasteiger partial charge in [-0.1, -0.05) is 91.3 Å². The summed E-state index contributed by atoms with van der Waals surface area (Å²) in [5.74, 6) is 7.19. The number of likely N-dealkylation sites (tertiary alicyclic amines) is 3. The highest BCUT2D eigenvalue weighted by atomic mass is 16.5. The SMILES string of the molecule is CN(C)CCOc1ccccc1N1CCNCC1.CN1CCC(Oc2ccccc2N2CCNCC2)C1.C[C@H](COc1ccccc1N1CCNCC1)N1CCCCC1.c1ccc(N2CCNCC2)c(OCCN2CCCC2)c1.c1ccc(N2CCNCC2)c(OCCN2CCOCC2)c1.c1ccc(N2CCNCC2)c(OC[C@@H]2CCCN2)c1.c1ccc(N2CCNCC2)c(O[C@H]2CCNC2)c1. The number of likely N-dealkylation sites (N-methyl/N-ethyl adjacent to an activating group) is 2. The fourth-order valence-electron chi connectivity index (χ4n) is 19.8.